The first kappa shape index (κ1) is 43.4. The van der Waals surface area contributed by atoms with Gasteiger partial charge in [-0.3, -0.25) is 19.1 Å². The molecular formula is C46H56FN5O9S. The molecule has 4 fully saturated rings. The molecule has 3 N–H and O–H groups in total. The van der Waals surface area contributed by atoms with E-state index in [4.69, 9.17) is 19.2 Å². The Balaban J connectivity index is 1.19. The van der Waals surface area contributed by atoms with Crippen LogP contribution in [0.25, 0.3) is 22.2 Å². The van der Waals surface area contributed by atoms with Gasteiger partial charge in [0.25, 0.3) is 5.91 Å². The lowest BCUT2D eigenvalue weighted by Crippen LogP contribution is -2.59. The standard InChI is InChI=1S/C46H56FN5O9S/c1-5-30-24-46(30,43(55)51-62(57,58)33-17-18-33)50-41(53)37-21-32-25-52(37)42(54)40(28-10-7-6-8-11-28)49-44(56)60-26-45(2,3)19-9-12-29-20-34-36(23-38(29)59-4)48-35(22-39(34)61-32)27-13-15-31(47)16-14-27/h5,13-16,20,22-23,28,30,32-33,37,40H,1,6-12,17-19,21,24-26H2,2-4H3,(H,49,56)(H,50,53)(H,51,55)/t30-,32-,37+,40+,46-/m1/s1. The van der Waals surface area contributed by atoms with Crippen LogP contribution in [0.4, 0.5) is 9.18 Å². The number of amides is 4. The summed E-state index contributed by atoms with van der Waals surface area (Å²) >= 11 is 0. The molecule has 0 unspecified atom stereocenters. The average molecular weight is 874 g/mol. The molecule has 332 valence electrons. The molecule has 8 rings (SSSR count). The van der Waals surface area contributed by atoms with Gasteiger partial charge >= 0.3 is 6.09 Å². The molecule has 5 atom stereocenters. The summed E-state index contributed by atoms with van der Waals surface area (Å²) in [5.41, 5.74) is 0.615. The third-order valence-corrected chi connectivity index (χ3v) is 15.1. The number of methoxy groups -OCH3 is 1. The van der Waals surface area contributed by atoms with E-state index in [-0.39, 0.29) is 31.9 Å². The first-order valence-corrected chi connectivity index (χ1v) is 23.3. The quantitative estimate of drug-likeness (QED) is 0.213. The Morgan fingerprint density at radius 1 is 1.05 bits per heavy atom. The zero-order valence-corrected chi connectivity index (χ0v) is 36.4. The number of benzene rings is 2. The van der Waals surface area contributed by atoms with Gasteiger partial charge in [-0.15, -0.1) is 6.58 Å². The minimum atomic E-state index is -3.94. The molecule has 3 heterocycles. The molecule has 2 aliphatic heterocycles. The van der Waals surface area contributed by atoms with Crippen LogP contribution >= 0.6 is 0 Å². The summed E-state index contributed by atoms with van der Waals surface area (Å²) in [7, 11) is -2.34. The SMILES string of the molecule is C=C[C@@H]1C[C@]1(NC(=O)[C@@H]1C[C@@H]2CN1C(=O)[C@H](C1CCCCC1)NC(=O)OCC(C)(C)CCCc1cc3c(cc(-c4ccc(F)cc4)nc3cc1OC)O2)C(=O)NS(=O)(=O)C1CC1. The third kappa shape index (κ3) is 9.11. The van der Waals surface area contributed by atoms with Crippen molar-refractivity contribution in [3.63, 3.8) is 0 Å². The van der Waals surface area contributed by atoms with Gasteiger partial charge in [0, 0.05) is 35.4 Å². The minimum Gasteiger partial charge on any atom is -0.496 e. The highest BCUT2D eigenvalue weighted by Crippen LogP contribution is 2.46. The second-order valence-electron chi connectivity index (χ2n) is 18.5. The molecule has 5 aliphatic rings. The van der Waals surface area contributed by atoms with Crippen LogP contribution in [-0.4, -0.2) is 91.4 Å². The normalized spacial score (nSPS) is 26.9. The van der Waals surface area contributed by atoms with Crippen molar-refractivity contribution in [3.8, 4) is 22.8 Å². The number of hydrogen-bond donors (Lipinski definition) is 3. The van der Waals surface area contributed by atoms with E-state index in [1.165, 1.54) is 23.1 Å². The Hall–Kier alpha value is -5.25. The third-order valence-electron chi connectivity index (χ3n) is 13.3. The summed E-state index contributed by atoms with van der Waals surface area (Å²) in [6, 6.07) is 9.36. The monoisotopic (exact) mass is 873 g/mol. The predicted octanol–water partition coefficient (Wildman–Crippen LogP) is 6.10. The van der Waals surface area contributed by atoms with Crippen molar-refractivity contribution in [3.05, 3.63) is 66.5 Å². The van der Waals surface area contributed by atoms with E-state index in [9.17, 15) is 27.2 Å². The first-order valence-electron chi connectivity index (χ1n) is 21.8. The van der Waals surface area contributed by atoms with Crippen LogP contribution in [0.15, 0.2) is 55.1 Å². The van der Waals surface area contributed by atoms with E-state index in [0.29, 0.717) is 72.2 Å². The van der Waals surface area contributed by atoms with E-state index in [0.717, 1.165) is 31.2 Å². The molecule has 1 aromatic heterocycles. The number of sulfonamides is 1. The van der Waals surface area contributed by atoms with Gasteiger partial charge in [-0.1, -0.05) is 39.2 Å². The Morgan fingerprint density at radius 2 is 1.79 bits per heavy atom. The fraction of sp³-hybridized carbons (Fsp3) is 0.543. The maximum absolute atomic E-state index is 15.0. The van der Waals surface area contributed by atoms with Gasteiger partial charge < -0.3 is 29.7 Å². The number of carbonyl (C=O) groups is 4. The molecule has 3 saturated carbocycles. The molecular weight excluding hydrogens is 818 g/mol. The second kappa shape index (κ2) is 17.1. The number of nitrogens with one attached hydrogen (secondary N) is 3. The van der Waals surface area contributed by atoms with Crippen molar-refractivity contribution in [1.29, 1.82) is 0 Å². The second-order valence-corrected chi connectivity index (χ2v) is 20.4. The number of hydrogen-bond acceptors (Lipinski definition) is 10. The fourth-order valence-electron chi connectivity index (χ4n) is 9.38. The van der Waals surface area contributed by atoms with Crippen LogP contribution in [-0.2, 0) is 35.6 Å². The van der Waals surface area contributed by atoms with Crippen LogP contribution < -0.4 is 24.8 Å². The van der Waals surface area contributed by atoms with Gasteiger partial charge in [-0.05, 0) is 98.6 Å². The Kier molecular flexibility index (Phi) is 12.0. The number of nitrogens with zero attached hydrogens (tertiary/aromatic N) is 2. The van der Waals surface area contributed by atoms with E-state index in [1.54, 1.807) is 25.3 Å². The zero-order chi connectivity index (χ0) is 44.0. The highest BCUT2D eigenvalue weighted by molar-refractivity contribution is 7.91. The topological polar surface area (TPSA) is 182 Å². The van der Waals surface area contributed by atoms with Crippen molar-refractivity contribution in [2.24, 2.45) is 17.3 Å². The number of aryl methyl sites for hydroxylation is 1. The predicted molar refractivity (Wildman–Crippen MR) is 229 cm³/mol. The van der Waals surface area contributed by atoms with E-state index < -0.39 is 80.0 Å². The summed E-state index contributed by atoms with van der Waals surface area (Å²) in [6.07, 6.45) is 7.25. The van der Waals surface area contributed by atoms with Crippen LogP contribution in [0.3, 0.4) is 0 Å². The van der Waals surface area contributed by atoms with Crippen molar-refractivity contribution in [1.82, 2.24) is 25.2 Å². The van der Waals surface area contributed by atoms with Crippen molar-refractivity contribution in [2.45, 2.75) is 120 Å². The zero-order valence-electron chi connectivity index (χ0n) is 35.5. The number of cyclic esters (lactones) is 1. The molecule has 3 aromatic rings. The lowest BCUT2D eigenvalue weighted by Gasteiger charge is -2.35. The van der Waals surface area contributed by atoms with Crippen LogP contribution in [0.1, 0.15) is 90.0 Å². The molecule has 62 heavy (non-hydrogen) atoms. The Labute approximate surface area is 361 Å². The number of halogens is 1. The van der Waals surface area contributed by atoms with Crippen molar-refractivity contribution >= 4 is 44.7 Å². The molecule has 3 aliphatic carbocycles. The number of alkyl carbamates (subject to hydrolysis) is 1. The molecule has 0 spiro atoms. The van der Waals surface area contributed by atoms with Crippen molar-refractivity contribution < 1.29 is 46.2 Å². The largest absolute Gasteiger partial charge is 0.496 e. The molecule has 4 amide bonds. The summed E-state index contributed by atoms with van der Waals surface area (Å²) < 4.78 is 60.5. The molecule has 14 nitrogen and oxygen atoms in total. The van der Waals surface area contributed by atoms with Gasteiger partial charge in [-0.25, -0.2) is 22.6 Å². The number of carbonyl (C=O) groups excluding carboxylic acids is 4. The molecule has 16 heteroatoms. The molecule has 4 bridgehead atoms. The smallest absolute Gasteiger partial charge is 0.407 e. The minimum absolute atomic E-state index is 0.00311. The number of rotatable bonds is 9. The average Bonchev–Trinajstić information content (AvgIpc) is 4.18. The van der Waals surface area contributed by atoms with Crippen LogP contribution in [0.5, 0.6) is 11.5 Å². The number of ether oxygens (including phenoxy) is 3. The van der Waals surface area contributed by atoms with Crippen LogP contribution in [0.2, 0.25) is 0 Å². The van der Waals surface area contributed by atoms with E-state index in [2.05, 4.69) is 21.9 Å². The van der Waals surface area contributed by atoms with Gasteiger partial charge in [0.15, 0.2) is 0 Å². The van der Waals surface area contributed by atoms with Gasteiger partial charge in [-0.2, -0.15) is 0 Å². The highest BCUT2D eigenvalue weighted by Gasteiger charge is 2.62. The number of pyridine rings is 1. The summed E-state index contributed by atoms with van der Waals surface area (Å²) in [5.74, 6) is -2.11. The van der Waals surface area contributed by atoms with E-state index >= 15 is 4.79 Å². The summed E-state index contributed by atoms with van der Waals surface area (Å²) in [5, 5.41) is 5.77. The Bertz CT molecular complexity index is 2370. The number of fused-ring (bicyclic) bond motifs is 3. The summed E-state index contributed by atoms with van der Waals surface area (Å²) in [4.78, 5) is 63.4. The summed E-state index contributed by atoms with van der Waals surface area (Å²) in [6.45, 7) is 7.91. The Morgan fingerprint density at radius 3 is 2.47 bits per heavy atom. The van der Waals surface area contributed by atoms with Gasteiger partial charge in [0.05, 0.1) is 36.7 Å². The first-order chi connectivity index (χ1) is 29.6. The maximum atomic E-state index is 15.0. The highest BCUT2D eigenvalue weighted by atomic mass is 32.2. The molecule has 0 radical (unpaired) electrons. The van der Waals surface area contributed by atoms with Gasteiger partial charge in [0.1, 0.15) is 41.0 Å². The van der Waals surface area contributed by atoms with Crippen molar-refractivity contribution in [2.75, 3.05) is 20.3 Å². The molecule has 1 saturated heterocycles. The van der Waals surface area contributed by atoms with Crippen LogP contribution in [0, 0.1) is 23.1 Å². The van der Waals surface area contributed by atoms with E-state index in [1.807, 2.05) is 26.0 Å². The lowest BCUT2D eigenvalue weighted by molar-refractivity contribution is -0.142. The molecule has 2 aromatic carbocycles. The lowest BCUT2D eigenvalue weighted by atomic mass is 9.83. The van der Waals surface area contributed by atoms with Gasteiger partial charge in [0.2, 0.25) is 21.8 Å². The fourth-order valence-corrected chi connectivity index (χ4v) is 10.7. The maximum Gasteiger partial charge on any atom is 0.407 e. The number of aromatic nitrogens is 1.